The first-order chi connectivity index (χ1) is 6.11. The molecule has 1 aromatic rings. The molecule has 1 rings (SSSR count). The zero-order chi connectivity index (χ0) is 10.0. The smallest absolute Gasteiger partial charge is 0.0532 e. The van der Waals surface area contributed by atoms with Crippen LogP contribution in [0.15, 0.2) is 11.0 Å². The van der Waals surface area contributed by atoms with E-state index in [0.29, 0.717) is 5.75 Å². The molecule has 4 heteroatoms. The van der Waals surface area contributed by atoms with Crippen molar-refractivity contribution in [1.29, 1.82) is 0 Å². The summed E-state index contributed by atoms with van der Waals surface area (Å²) >= 11 is 5.80. The number of hydrogen-bond donors (Lipinski definition) is 3. The predicted molar refractivity (Wildman–Crippen MR) is 64.5 cm³/mol. The largest absolute Gasteiger partial charge is 0.398 e. The van der Waals surface area contributed by atoms with Crippen molar-refractivity contribution in [3.8, 4) is 0 Å². The minimum absolute atomic E-state index is 0.675. The van der Waals surface area contributed by atoms with Crippen LogP contribution < -0.4 is 11.5 Å². The third-order valence-corrected chi connectivity index (χ3v) is 3.30. The zero-order valence-corrected chi connectivity index (χ0v) is 9.51. The van der Waals surface area contributed by atoms with Gasteiger partial charge in [-0.1, -0.05) is 0 Å². The maximum Gasteiger partial charge on any atom is 0.0532 e. The number of nitrogen functional groups attached to an aromatic ring is 2. The lowest BCUT2D eigenvalue weighted by atomic mass is 10.1. The molecule has 13 heavy (non-hydrogen) atoms. The SMILES string of the molecule is CSc1c(N)cc(CS)c(C)c1N. The van der Waals surface area contributed by atoms with Crippen molar-refractivity contribution in [3.63, 3.8) is 0 Å². The molecular formula is C9H14N2S2. The predicted octanol–water partition coefficient (Wildman–Crippen LogP) is 2.31. The molecule has 0 heterocycles. The topological polar surface area (TPSA) is 52.0 Å². The number of thiol groups is 1. The summed E-state index contributed by atoms with van der Waals surface area (Å²) in [6.45, 7) is 2.00. The van der Waals surface area contributed by atoms with Crippen LogP contribution >= 0.6 is 24.4 Å². The molecule has 0 aliphatic heterocycles. The number of anilines is 2. The first-order valence-corrected chi connectivity index (χ1v) is 5.79. The Hall–Kier alpha value is -0.480. The first-order valence-electron chi connectivity index (χ1n) is 3.94. The molecule has 2 nitrogen and oxygen atoms in total. The van der Waals surface area contributed by atoms with Crippen LogP contribution in [0.4, 0.5) is 11.4 Å². The Labute approximate surface area is 88.5 Å². The van der Waals surface area contributed by atoms with Crippen molar-refractivity contribution in [1.82, 2.24) is 0 Å². The molecule has 0 bridgehead atoms. The second kappa shape index (κ2) is 4.15. The molecule has 0 saturated carbocycles. The molecule has 0 radical (unpaired) electrons. The van der Waals surface area contributed by atoms with Gasteiger partial charge in [-0.15, -0.1) is 11.8 Å². The van der Waals surface area contributed by atoms with Gasteiger partial charge in [-0.3, -0.25) is 0 Å². The fourth-order valence-corrected chi connectivity index (χ4v) is 2.25. The maximum absolute atomic E-state index is 5.94. The highest BCUT2D eigenvalue weighted by atomic mass is 32.2. The average Bonchev–Trinajstić information content (AvgIpc) is 2.12. The van der Waals surface area contributed by atoms with E-state index in [1.807, 2.05) is 19.2 Å². The Morgan fingerprint density at radius 3 is 2.54 bits per heavy atom. The molecule has 72 valence electrons. The van der Waals surface area contributed by atoms with Crippen molar-refractivity contribution in [2.45, 2.75) is 17.6 Å². The molecular weight excluding hydrogens is 200 g/mol. The highest BCUT2D eigenvalue weighted by Gasteiger charge is 2.09. The van der Waals surface area contributed by atoms with Crippen LogP contribution in [0, 0.1) is 6.92 Å². The van der Waals surface area contributed by atoms with E-state index in [1.54, 1.807) is 11.8 Å². The van der Waals surface area contributed by atoms with E-state index in [1.165, 1.54) is 0 Å². The number of benzene rings is 1. The summed E-state index contributed by atoms with van der Waals surface area (Å²) in [7, 11) is 0. The second-order valence-electron chi connectivity index (χ2n) is 2.85. The van der Waals surface area contributed by atoms with Crippen LogP contribution in [-0.2, 0) is 5.75 Å². The highest BCUT2D eigenvalue weighted by Crippen LogP contribution is 2.34. The van der Waals surface area contributed by atoms with Crippen LogP contribution in [0.25, 0.3) is 0 Å². The number of rotatable bonds is 2. The molecule has 1 aromatic carbocycles. The summed E-state index contributed by atoms with van der Waals surface area (Å²) in [6, 6.07) is 1.95. The number of nitrogens with two attached hydrogens (primary N) is 2. The van der Waals surface area contributed by atoms with Gasteiger partial charge in [0.15, 0.2) is 0 Å². The van der Waals surface area contributed by atoms with Gasteiger partial charge in [0, 0.05) is 11.4 Å². The van der Waals surface area contributed by atoms with Gasteiger partial charge in [-0.2, -0.15) is 12.6 Å². The van der Waals surface area contributed by atoms with Gasteiger partial charge in [0.05, 0.1) is 10.6 Å². The summed E-state index contributed by atoms with van der Waals surface area (Å²) in [4.78, 5) is 0.975. The lowest BCUT2D eigenvalue weighted by Crippen LogP contribution is -2.01. The molecule has 0 amide bonds. The third-order valence-electron chi connectivity index (χ3n) is 2.10. The fraction of sp³-hybridized carbons (Fsp3) is 0.333. The van der Waals surface area contributed by atoms with E-state index in [4.69, 9.17) is 11.5 Å². The molecule has 0 aromatic heterocycles. The standard InChI is InChI=1S/C9H14N2S2/c1-5-6(4-12)3-7(10)9(13-2)8(5)11/h3,12H,4,10-11H2,1-2H3. The number of thioether (sulfide) groups is 1. The van der Waals surface area contributed by atoms with Gasteiger partial charge < -0.3 is 11.5 Å². The summed E-state index contributed by atoms with van der Waals surface area (Å²) in [5.41, 5.74) is 15.5. The Morgan fingerprint density at radius 2 is 2.08 bits per heavy atom. The van der Waals surface area contributed by atoms with Crippen molar-refractivity contribution >= 4 is 35.8 Å². The molecule has 0 saturated heterocycles. The Kier molecular flexibility index (Phi) is 3.39. The number of hydrogen-bond acceptors (Lipinski definition) is 4. The highest BCUT2D eigenvalue weighted by molar-refractivity contribution is 7.99. The van der Waals surface area contributed by atoms with Crippen LogP contribution in [0.3, 0.4) is 0 Å². The van der Waals surface area contributed by atoms with Crippen LogP contribution in [0.2, 0.25) is 0 Å². The third kappa shape index (κ3) is 1.89. The lowest BCUT2D eigenvalue weighted by Gasteiger charge is -2.13. The molecule has 0 spiro atoms. The molecule has 4 N–H and O–H groups in total. The summed E-state index contributed by atoms with van der Waals surface area (Å²) in [5.74, 6) is 0.675. The molecule has 0 aliphatic carbocycles. The van der Waals surface area contributed by atoms with E-state index < -0.39 is 0 Å². The van der Waals surface area contributed by atoms with Gasteiger partial charge in [-0.25, -0.2) is 0 Å². The van der Waals surface area contributed by atoms with E-state index in [2.05, 4.69) is 12.6 Å². The minimum Gasteiger partial charge on any atom is -0.398 e. The van der Waals surface area contributed by atoms with Crippen LogP contribution in [0.1, 0.15) is 11.1 Å². The van der Waals surface area contributed by atoms with Crippen molar-refractivity contribution in [2.75, 3.05) is 17.7 Å². The Bertz CT molecular complexity index is 324. The quantitative estimate of drug-likeness (QED) is 0.402. The van der Waals surface area contributed by atoms with Crippen molar-refractivity contribution < 1.29 is 0 Å². The van der Waals surface area contributed by atoms with E-state index >= 15 is 0 Å². The Morgan fingerprint density at radius 1 is 1.46 bits per heavy atom. The van der Waals surface area contributed by atoms with Gasteiger partial charge in [0.2, 0.25) is 0 Å². The first kappa shape index (κ1) is 10.6. The van der Waals surface area contributed by atoms with Crippen molar-refractivity contribution in [2.24, 2.45) is 0 Å². The van der Waals surface area contributed by atoms with E-state index in [-0.39, 0.29) is 0 Å². The van der Waals surface area contributed by atoms with Crippen molar-refractivity contribution in [3.05, 3.63) is 17.2 Å². The summed E-state index contributed by atoms with van der Waals surface area (Å²) < 4.78 is 0. The van der Waals surface area contributed by atoms with Gasteiger partial charge in [0.1, 0.15) is 0 Å². The normalized spacial score (nSPS) is 10.4. The second-order valence-corrected chi connectivity index (χ2v) is 3.99. The van der Waals surface area contributed by atoms with Gasteiger partial charge in [-0.05, 0) is 30.4 Å². The van der Waals surface area contributed by atoms with Crippen LogP contribution in [0.5, 0.6) is 0 Å². The summed E-state index contributed by atoms with van der Waals surface area (Å²) in [5, 5.41) is 0. The monoisotopic (exact) mass is 214 g/mol. The summed E-state index contributed by atoms with van der Waals surface area (Å²) in [6.07, 6.45) is 1.97. The van der Waals surface area contributed by atoms with Gasteiger partial charge >= 0.3 is 0 Å². The van der Waals surface area contributed by atoms with Crippen LogP contribution in [-0.4, -0.2) is 6.26 Å². The lowest BCUT2D eigenvalue weighted by molar-refractivity contribution is 1.27. The molecule has 0 unspecified atom stereocenters. The Balaban J connectivity index is 3.37. The fourth-order valence-electron chi connectivity index (χ4n) is 1.25. The van der Waals surface area contributed by atoms with Gasteiger partial charge in [0.25, 0.3) is 0 Å². The average molecular weight is 214 g/mol. The molecule has 0 aliphatic rings. The van der Waals surface area contributed by atoms with E-state index in [0.717, 1.165) is 27.4 Å². The van der Waals surface area contributed by atoms with E-state index in [9.17, 15) is 0 Å². The maximum atomic E-state index is 5.94. The minimum atomic E-state index is 0.675. The molecule has 0 atom stereocenters. The molecule has 0 fully saturated rings. The zero-order valence-electron chi connectivity index (χ0n) is 7.79.